The van der Waals surface area contributed by atoms with Gasteiger partial charge in [-0.05, 0) is 52.1 Å². The molecular formula is C28H38ClN7O2. The standard InChI is InChI=1S/C28H38ClN7O2/c1-6-16-30-26-22(20-32-28(34-26)33-24-14-10-13-23(29)19-24)12-8-7-9-17-31-27(38)21(2)36(5)25(37)15-11-18-35(3)4/h10-11,13-15,19-21H,6-7,9,16-18H2,1-5H3,(H,31,38)(H2,30,32,33,34)/t21-/m0/s1. The van der Waals surface area contributed by atoms with Gasteiger partial charge in [-0.1, -0.05) is 42.5 Å². The highest BCUT2D eigenvalue weighted by Gasteiger charge is 2.20. The highest BCUT2D eigenvalue weighted by molar-refractivity contribution is 6.30. The van der Waals surface area contributed by atoms with E-state index in [1.165, 1.54) is 11.0 Å². The maximum absolute atomic E-state index is 12.4. The van der Waals surface area contributed by atoms with Crippen molar-refractivity contribution < 1.29 is 9.59 Å². The van der Waals surface area contributed by atoms with Crippen molar-refractivity contribution in [3.63, 3.8) is 0 Å². The molecule has 38 heavy (non-hydrogen) atoms. The van der Waals surface area contributed by atoms with E-state index in [0.717, 1.165) is 18.7 Å². The fourth-order valence-electron chi connectivity index (χ4n) is 3.15. The Kier molecular flexibility index (Phi) is 13.1. The molecule has 1 heterocycles. The second kappa shape index (κ2) is 16.3. The van der Waals surface area contributed by atoms with Gasteiger partial charge in [0.25, 0.3) is 0 Å². The molecule has 0 spiro atoms. The summed E-state index contributed by atoms with van der Waals surface area (Å²) in [6.07, 6.45) is 7.17. The number of aromatic nitrogens is 2. The van der Waals surface area contributed by atoms with E-state index < -0.39 is 6.04 Å². The Bertz CT molecular complexity index is 1160. The minimum Gasteiger partial charge on any atom is -0.369 e. The highest BCUT2D eigenvalue weighted by Crippen LogP contribution is 2.20. The minimum atomic E-state index is -0.569. The molecule has 0 aliphatic heterocycles. The zero-order valence-corrected chi connectivity index (χ0v) is 23.6. The van der Waals surface area contributed by atoms with Gasteiger partial charge in [0, 0.05) is 49.9 Å². The lowest BCUT2D eigenvalue weighted by atomic mass is 10.2. The average Bonchev–Trinajstić information content (AvgIpc) is 2.88. The molecule has 0 aliphatic carbocycles. The molecule has 2 amide bonds. The van der Waals surface area contributed by atoms with Crippen LogP contribution in [0.1, 0.15) is 38.7 Å². The van der Waals surface area contributed by atoms with E-state index >= 15 is 0 Å². The third-order valence-electron chi connectivity index (χ3n) is 5.45. The normalized spacial score (nSPS) is 11.6. The molecule has 0 radical (unpaired) electrons. The third kappa shape index (κ3) is 10.8. The van der Waals surface area contributed by atoms with Crippen molar-refractivity contribution in [2.24, 2.45) is 0 Å². The first-order valence-corrected chi connectivity index (χ1v) is 13.1. The van der Waals surface area contributed by atoms with E-state index in [1.807, 2.05) is 31.1 Å². The number of amides is 2. The minimum absolute atomic E-state index is 0.197. The van der Waals surface area contributed by atoms with Crippen molar-refractivity contribution in [1.29, 1.82) is 0 Å². The number of unbranched alkanes of at least 4 members (excludes halogenated alkanes) is 1. The first kappa shape index (κ1) is 30.6. The lowest BCUT2D eigenvalue weighted by Gasteiger charge is -2.23. The van der Waals surface area contributed by atoms with Gasteiger partial charge in [-0.15, -0.1) is 0 Å². The molecule has 0 saturated heterocycles. The monoisotopic (exact) mass is 539 g/mol. The summed E-state index contributed by atoms with van der Waals surface area (Å²) in [5.41, 5.74) is 1.50. The van der Waals surface area contributed by atoms with E-state index in [9.17, 15) is 9.59 Å². The number of halogens is 1. The largest absolute Gasteiger partial charge is 0.369 e. The molecule has 2 aromatic rings. The average molecular weight is 540 g/mol. The molecule has 0 fully saturated rings. The van der Waals surface area contributed by atoms with E-state index in [4.69, 9.17) is 11.6 Å². The molecule has 10 heteroatoms. The number of carbonyl (C=O) groups is 2. The van der Waals surface area contributed by atoms with E-state index in [2.05, 4.69) is 44.7 Å². The van der Waals surface area contributed by atoms with E-state index in [1.54, 1.807) is 38.4 Å². The summed E-state index contributed by atoms with van der Waals surface area (Å²) in [7, 11) is 5.47. The van der Waals surface area contributed by atoms with Gasteiger partial charge in [0.2, 0.25) is 17.8 Å². The van der Waals surface area contributed by atoms with Crippen LogP contribution in [0.15, 0.2) is 42.6 Å². The molecular weight excluding hydrogens is 502 g/mol. The number of rotatable bonds is 13. The summed E-state index contributed by atoms with van der Waals surface area (Å²) >= 11 is 6.06. The molecule has 0 saturated carbocycles. The third-order valence-corrected chi connectivity index (χ3v) is 5.69. The Morgan fingerprint density at radius 1 is 1.21 bits per heavy atom. The van der Waals surface area contributed by atoms with Crippen molar-refractivity contribution >= 4 is 40.9 Å². The maximum Gasteiger partial charge on any atom is 0.246 e. The Morgan fingerprint density at radius 3 is 2.71 bits per heavy atom. The summed E-state index contributed by atoms with van der Waals surface area (Å²) in [5, 5.41) is 9.96. The molecule has 3 N–H and O–H groups in total. The van der Waals surface area contributed by atoms with Gasteiger partial charge in [0.1, 0.15) is 11.9 Å². The number of anilines is 3. The lowest BCUT2D eigenvalue weighted by Crippen LogP contribution is -2.45. The fourth-order valence-corrected chi connectivity index (χ4v) is 3.34. The van der Waals surface area contributed by atoms with Crippen molar-refractivity contribution in [3.05, 3.63) is 53.2 Å². The van der Waals surface area contributed by atoms with Crippen LogP contribution >= 0.6 is 11.6 Å². The van der Waals surface area contributed by atoms with Gasteiger partial charge in [-0.25, -0.2) is 4.98 Å². The zero-order valence-electron chi connectivity index (χ0n) is 22.8. The van der Waals surface area contributed by atoms with Crippen LogP contribution in [0.2, 0.25) is 5.02 Å². The maximum atomic E-state index is 12.4. The van der Waals surface area contributed by atoms with Gasteiger partial charge in [-0.3, -0.25) is 9.59 Å². The first-order valence-electron chi connectivity index (χ1n) is 12.7. The van der Waals surface area contributed by atoms with Gasteiger partial charge >= 0.3 is 0 Å². The molecule has 2 rings (SSSR count). The summed E-state index contributed by atoms with van der Waals surface area (Å²) < 4.78 is 0. The molecule has 0 bridgehead atoms. The molecule has 1 atom stereocenters. The predicted molar refractivity (Wildman–Crippen MR) is 155 cm³/mol. The van der Waals surface area contributed by atoms with Gasteiger partial charge in [0.05, 0.1) is 11.8 Å². The van der Waals surface area contributed by atoms with Crippen LogP contribution in [-0.4, -0.2) is 78.4 Å². The Hall–Kier alpha value is -3.61. The van der Waals surface area contributed by atoms with Crippen LogP contribution in [0.4, 0.5) is 17.5 Å². The van der Waals surface area contributed by atoms with Crippen LogP contribution in [-0.2, 0) is 9.59 Å². The number of hydrogen-bond donors (Lipinski definition) is 3. The molecule has 204 valence electrons. The molecule has 1 aromatic carbocycles. The molecule has 0 aliphatic rings. The Morgan fingerprint density at radius 2 is 2.00 bits per heavy atom. The second-order valence-electron chi connectivity index (χ2n) is 9.00. The Balaban J connectivity index is 1.87. The molecule has 9 nitrogen and oxygen atoms in total. The number of benzene rings is 1. The van der Waals surface area contributed by atoms with Crippen LogP contribution < -0.4 is 16.0 Å². The summed E-state index contributed by atoms with van der Waals surface area (Å²) in [5.74, 6) is 6.97. The first-order chi connectivity index (χ1) is 18.2. The van der Waals surface area contributed by atoms with Gasteiger partial charge < -0.3 is 25.8 Å². The van der Waals surface area contributed by atoms with Crippen LogP contribution in [0, 0.1) is 11.8 Å². The van der Waals surface area contributed by atoms with Crippen LogP contribution in [0.3, 0.4) is 0 Å². The van der Waals surface area contributed by atoms with Crippen LogP contribution in [0.5, 0.6) is 0 Å². The SMILES string of the molecule is CCCNc1nc(Nc2cccc(Cl)c2)ncc1C#CCCCNC(=O)[C@H](C)N(C)C(=O)C=CCN(C)C. The molecule has 0 unspecified atom stereocenters. The van der Waals surface area contributed by atoms with E-state index in [-0.39, 0.29) is 11.8 Å². The Labute approximate surface area is 231 Å². The number of hydrogen-bond acceptors (Lipinski definition) is 7. The predicted octanol–water partition coefficient (Wildman–Crippen LogP) is 3.91. The van der Waals surface area contributed by atoms with Gasteiger partial charge in [-0.2, -0.15) is 4.98 Å². The second-order valence-corrected chi connectivity index (χ2v) is 9.44. The summed E-state index contributed by atoms with van der Waals surface area (Å²) in [6.45, 7) is 5.68. The topological polar surface area (TPSA) is 102 Å². The zero-order chi connectivity index (χ0) is 27.9. The fraction of sp³-hybridized carbons (Fsp3) is 0.429. The quantitative estimate of drug-likeness (QED) is 0.201. The van der Waals surface area contributed by atoms with Crippen molar-refractivity contribution in [1.82, 2.24) is 25.1 Å². The lowest BCUT2D eigenvalue weighted by molar-refractivity contribution is -0.135. The number of nitrogens with one attached hydrogen (secondary N) is 3. The summed E-state index contributed by atoms with van der Waals surface area (Å²) in [4.78, 5) is 37.0. The van der Waals surface area contributed by atoms with Crippen molar-refractivity contribution in [2.45, 2.75) is 39.2 Å². The summed E-state index contributed by atoms with van der Waals surface area (Å²) in [6, 6.07) is 6.78. The van der Waals surface area contributed by atoms with Crippen molar-refractivity contribution in [3.8, 4) is 11.8 Å². The number of nitrogens with zero attached hydrogens (tertiary/aromatic N) is 4. The van der Waals surface area contributed by atoms with Gasteiger partial charge in [0.15, 0.2) is 0 Å². The number of carbonyl (C=O) groups excluding carboxylic acids is 2. The molecule has 1 aromatic heterocycles. The van der Waals surface area contributed by atoms with Crippen molar-refractivity contribution in [2.75, 3.05) is 51.4 Å². The highest BCUT2D eigenvalue weighted by atomic mass is 35.5. The van der Waals surface area contributed by atoms with Crippen LogP contribution in [0.25, 0.3) is 0 Å². The van der Waals surface area contributed by atoms with E-state index in [0.29, 0.717) is 48.3 Å². The number of likely N-dealkylation sites (N-methyl/N-ethyl adjacent to an activating group) is 2. The smallest absolute Gasteiger partial charge is 0.246 e.